The Balaban J connectivity index is 0.000000108. The van der Waals surface area contributed by atoms with Gasteiger partial charge in [0.1, 0.15) is 5.82 Å². The van der Waals surface area contributed by atoms with E-state index in [1.165, 1.54) is 21.5 Å². The summed E-state index contributed by atoms with van der Waals surface area (Å²) < 4.78 is 13.8. The van der Waals surface area contributed by atoms with E-state index < -0.39 is 0 Å². The normalized spacial score (nSPS) is 11.6. The quantitative estimate of drug-likeness (QED) is 0.0979. The van der Waals surface area contributed by atoms with Crippen molar-refractivity contribution in [3.63, 3.8) is 0 Å². The highest BCUT2D eigenvalue weighted by molar-refractivity contribution is 6.16. The van der Waals surface area contributed by atoms with E-state index in [1.54, 1.807) is 0 Å². The monoisotopic (exact) mass is 1920 g/mol. The Hall–Kier alpha value is -20.6. The third-order valence-electron chi connectivity index (χ3n) is 28.8. The van der Waals surface area contributed by atoms with Crippen LogP contribution in [-0.4, -0.2) is 72.3 Å². The summed E-state index contributed by atoms with van der Waals surface area (Å²) in [6.45, 7) is 0. The first-order valence-electron chi connectivity index (χ1n) is 50.4. The van der Waals surface area contributed by atoms with Crippen LogP contribution in [0.5, 0.6) is 0 Å². The molecule has 0 aliphatic rings. The van der Waals surface area contributed by atoms with Crippen LogP contribution in [0.3, 0.4) is 0 Å². The number of hydrogen-bond acceptors (Lipinski definition) is 9. The molecule has 0 N–H and O–H groups in total. The second kappa shape index (κ2) is 37.0. The molecule has 0 saturated heterocycles. The van der Waals surface area contributed by atoms with Crippen molar-refractivity contribution in [3.8, 4) is 136 Å². The highest BCUT2D eigenvalue weighted by Gasteiger charge is 2.27. The summed E-state index contributed by atoms with van der Waals surface area (Å²) in [4.78, 5) is 45.3. The first-order chi connectivity index (χ1) is 74.4. The van der Waals surface area contributed by atoms with Crippen LogP contribution < -0.4 is 0 Å². The molecule has 0 aliphatic carbocycles. The first-order valence-corrected chi connectivity index (χ1v) is 50.4. The predicted molar refractivity (Wildman–Crippen MR) is 614 cm³/mol. The van der Waals surface area contributed by atoms with Gasteiger partial charge < -0.3 is 18.3 Å². The van der Waals surface area contributed by atoms with E-state index in [0.717, 1.165) is 228 Å². The van der Waals surface area contributed by atoms with Crippen molar-refractivity contribution in [1.29, 1.82) is 0 Å². The van der Waals surface area contributed by atoms with Crippen molar-refractivity contribution in [1.82, 2.24) is 72.3 Å². The SMILES string of the molecule is c1ccc(-c2cc(-c3ccccc3)nc(-n3c4ccccc4c4ccc(-c5ccc6c7ncccc7n(-c7ccccc7)c6c5)cc43)n2)cc1.c1ccc(-c2cc(-n3c4ccccc4c4ccc(-c5ccc6c7ncccc7n(-c7ccccc7)c6c5)cc43)nc(-c3ccccc3)n2)cc1.c1ccc(-c2ncc(-n3c4ccccc4c4ccc(-c5ccc6c7ncccc7n(-c7ccccc7)c6c5)cc43)c(-c3ccccc3)n2)cc1. The summed E-state index contributed by atoms with van der Waals surface area (Å²) in [6.07, 6.45) is 7.60. The predicted octanol–water partition coefficient (Wildman–Crippen LogP) is 33.2. The molecule has 12 heterocycles. The van der Waals surface area contributed by atoms with E-state index in [0.29, 0.717) is 17.6 Å². The van der Waals surface area contributed by atoms with Gasteiger partial charge in [0.05, 0.1) is 117 Å². The fourth-order valence-electron chi connectivity index (χ4n) is 21.9. The van der Waals surface area contributed by atoms with Crippen molar-refractivity contribution >= 4 is 131 Å². The summed E-state index contributed by atoms with van der Waals surface area (Å²) in [7, 11) is 0. The molecular weight excluding hydrogens is 1830 g/mol. The van der Waals surface area contributed by atoms with Crippen molar-refractivity contribution in [2.75, 3.05) is 0 Å². The smallest absolute Gasteiger partial charge is 0.235 e. The first kappa shape index (κ1) is 87.3. The van der Waals surface area contributed by atoms with Crippen LogP contribution in [0.2, 0.25) is 0 Å². The number of para-hydroxylation sites is 6. The third-order valence-corrected chi connectivity index (χ3v) is 28.8. The van der Waals surface area contributed by atoms with Gasteiger partial charge in [0.15, 0.2) is 11.6 Å². The summed E-state index contributed by atoms with van der Waals surface area (Å²) in [5.74, 6) is 2.86. The Kier molecular flexibility index (Phi) is 21.5. The lowest BCUT2D eigenvalue weighted by Gasteiger charge is -2.15. The number of hydrogen-bond donors (Lipinski definition) is 0. The molecule has 0 atom stereocenters. The summed E-state index contributed by atoms with van der Waals surface area (Å²) in [5.41, 5.74) is 36.8. The van der Waals surface area contributed by atoms with E-state index in [-0.39, 0.29) is 0 Å². The second-order valence-electron chi connectivity index (χ2n) is 37.6. The van der Waals surface area contributed by atoms with Gasteiger partial charge in [-0.2, -0.15) is 0 Å². The van der Waals surface area contributed by atoms with Crippen LogP contribution in [0.25, 0.3) is 267 Å². The van der Waals surface area contributed by atoms with Gasteiger partial charge in [-0.05, 0) is 185 Å². The Labute approximate surface area is 861 Å². The maximum absolute atomic E-state index is 5.23. The summed E-state index contributed by atoms with van der Waals surface area (Å²) >= 11 is 0. The molecule has 30 rings (SSSR count). The molecule has 0 radical (unpaired) electrons. The van der Waals surface area contributed by atoms with Crippen LogP contribution in [0.15, 0.2) is 528 Å². The van der Waals surface area contributed by atoms with E-state index in [2.05, 4.69) is 452 Å². The van der Waals surface area contributed by atoms with Crippen LogP contribution in [0, 0.1) is 0 Å². The molecule has 702 valence electrons. The molecule has 0 spiro atoms. The molecule has 0 unspecified atom stereocenters. The van der Waals surface area contributed by atoms with Crippen molar-refractivity contribution in [2.24, 2.45) is 0 Å². The minimum Gasteiger partial charge on any atom is -0.308 e. The largest absolute Gasteiger partial charge is 0.308 e. The lowest BCUT2D eigenvalue weighted by molar-refractivity contribution is 0.996. The minimum absolute atomic E-state index is 0.638. The molecule has 0 fully saturated rings. The van der Waals surface area contributed by atoms with Crippen LogP contribution in [0.4, 0.5) is 0 Å². The van der Waals surface area contributed by atoms with Crippen molar-refractivity contribution < 1.29 is 0 Å². The second-order valence-corrected chi connectivity index (χ2v) is 37.6. The zero-order valence-corrected chi connectivity index (χ0v) is 80.9. The van der Waals surface area contributed by atoms with Gasteiger partial charge in [-0.15, -0.1) is 0 Å². The van der Waals surface area contributed by atoms with Crippen LogP contribution >= 0.6 is 0 Å². The fraction of sp³-hybridized carbons (Fsp3) is 0. The molecule has 30 aromatic rings. The molecule has 0 saturated carbocycles. The highest BCUT2D eigenvalue weighted by Crippen LogP contribution is 2.46. The molecular formula is C135H87N15. The van der Waals surface area contributed by atoms with Gasteiger partial charge in [0.2, 0.25) is 5.95 Å². The maximum Gasteiger partial charge on any atom is 0.235 e. The molecule has 0 amide bonds. The molecule has 0 bridgehead atoms. The number of aromatic nitrogens is 15. The summed E-state index contributed by atoms with van der Waals surface area (Å²) in [5, 5.41) is 10.4. The Morgan fingerprint density at radius 2 is 0.433 bits per heavy atom. The number of pyridine rings is 3. The molecule has 0 aliphatic heterocycles. The van der Waals surface area contributed by atoms with E-state index in [4.69, 9.17) is 44.9 Å². The molecule has 15 heteroatoms. The zero-order valence-electron chi connectivity index (χ0n) is 80.9. The number of benzene rings is 18. The Morgan fingerprint density at radius 1 is 0.153 bits per heavy atom. The lowest BCUT2D eigenvalue weighted by atomic mass is 10.0. The van der Waals surface area contributed by atoms with Gasteiger partial charge in [0.25, 0.3) is 0 Å². The zero-order chi connectivity index (χ0) is 99.1. The van der Waals surface area contributed by atoms with Crippen molar-refractivity contribution in [3.05, 3.63) is 528 Å². The average Bonchev–Trinajstić information content (AvgIpc) is 1.59. The van der Waals surface area contributed by atoms with Crippen LogP contribution in [0.1, 0.15) is 0 Å². The Morgan fingerprint density at radius 3 is 0.813 bits per heavy atom. The number of fused-ring (bicyclic) bond motifs is 18. The van der Waals surface area contributed by atoms with E-state index >= 15 is 0 Å². The van der Waals surface area contributed by atoms with E-state index in [9.17, 15) is 0 Å². The van der Waals surface area contributed by atoms with E-state index in [1.807, 2.05) is 104 Å². The van der Waals surface area contributed by atoms with Crippen LogP contribution in [-0.2, 0) is 0 Å². The molecule has 150 heavy (non-hydrogen) atoms. The minimum atomic E-state index is 0.638. The number of nitrogens with zero attached hydrogens (tertiary/aromatic N) is 15. The summed E-state index contributed by atoms with van der Waals surface area (Å²) in [6, 6.07) is 176. The van der Waals surface area contributed by atoms with Crippen molar-refractivity contribution in [2.45, 2.75) is 0 Å². The third kappa shape index (κ3) is 15.3. The topological polar surface area (TPSA) is 146 Å². The average molecular weight is 1920 g/mol. The molecule has 18 aromatic carbocycles. The lowest BCUT2D eigenvalue weighted by Crippen LogP contribution is -2.04. The fourth-order valence-corrected chi connectivity index (χ4v) is 21.9. The highest BCUT2D eigenvalue weighted by atomic mass is 15.2. The van der Waals surface area contributed by atoms with Gasteiger partial charge in [0, 0.05) is 124 Å². The Bertz CT molecular complexity index is 9940. The molecule has 15 nitrogen and oxygen atoms in total. The molecule has 12 aromatic heterocycles. The standard InChI is InChI=1S/3C45H29N5/c1-4-13-30(14-5-1)38-29-39(31-15-6-2-7-16-31)48-45(47-38)50-40-20-11-10-19-35(40)36-24-22-32(27-42(36)50)33-23-25-37-43(28-33)49(34-17-8-3-9-18-34)41-21-12-26-46-44(37)41;1-4-13-30(14-5-1)38-29-43(48-45(47-38)31-15-6-2-7-16-31)50-39-20-11-10-19-35(39)36-24-22-32(27-41(36)50)33-23-25-37-42(28-33)49(34-17-8-3-9-18-34)40-21-12-26-46-44(37)40;1-4-13-30(14-5-1)43-42(29-47-45(48-43)31-15-6-2-7-16-31)50-38-20-11-10-19-35(38)36-24-22-32(27-40(36)50)33-23-25-37-41(28-33)49(34-17-8-3-9-18-34)39-21-12-26-46-44(37)39/h3*1-29H. The maximum atomic E-state index is 5.23. The van der Waals surface area contributed by atoms with Gasteiger partial charge in [-0.1, -0.05) is 346 Å². The number of rotatable bonds is 15. The van der Waals surface area contributed by atoms with Gasteiger partial charge >= 0.3 is 0 Å². The van der Waals surface area contributed by atoms with Gasteiger partial charge in [-0.3, -0.25) is 24.1 Å². The van der Waals surface area contributed by atoms with Gasteiger partial charge in [-0.25, -0.2) is 29.9 Å².